The monoisotopic (exact) mass is 1050 g/mol. The molecule has 0 aliphatic rings. The number of ether oxygens (including phenoxy) is 3. The van der Waals surface area contributed by atoms with Crippen LogP contribution in [0.4, 0.5) is 0 Å². The molecular formula is C69H126O6. The van der Waals surface area contributed by atoms with Crippen LogP contribution in [0.1, 0.15) is 355 Å². The molecule has 1 unspecified atom stereocenters. The highest BCUT2D eigenvalue weighted by Gasteiger charge is 2.19. The molecule has 0 N–H and O–H groups in total. The highest BCUT2D eigenvalue weighted by Crippen LogP contribution is 2.18. The van der Waals surface area contributed by atoms with Crippen molar-refractivity contribution in [3.8, 4) is 0 Å². The van der Waals surface area contributed by atoms with Crippen molar-refractivity contribution in [2.75, 3.05) is 13.2 Å². The Morgan fingerprint density at radius 2 is 0.480 bits per heavy atom. The summed E-state index contributed by atoms with van der Waals surface area (Å²) in [6.45, 7) is 6.63. The summed E-state index contributed by atoms with van der Waals surface area (Å²) in [6.07, 6.45) is 79.8. The van der Waals surface area contributed by atoms with Gasteiger partial charge in [-0.15, -0.1) is 0 Å². The van der Waals surface area contributed by atoms with E-state index in [0.717, 1.165) is 89.9 Å². The summed E-state index contributed by atoms with van der Waals surface area (Å²) in [5.41, 5.74) is 0. The van der Waals surface area contributed by atoms with Crippen LogP contribution in [-0.4, -0.2) is 37.2 Å². The standard InChI is InChI=1S/C69H126O6/c1-4-7-10-13-16-19-22-25-28-30-31-32-33-34-35-36-37-39-41-44-47-50-53-56-59-62-68(71)74-65-66(64-73-67(70)61-58-55-52-49-46-43-40-27-24-21-18-15-12-9-6-3)75-69(72)63-60-57-54-51-48-45-42-38-29-26-23-20-17-14-11-8-5-2/h17-18,20-21,26-27,29,40,66H,4-16,19,22-25,28,30-39,41-65H2,1-3H3/b20-17-,21-18-,29-26-,40-27-. The van der Waals surface area contributed by atoms with Crippen molar-refractivity contribution in [1.29, 1.82) is 0 Å². The first kappa shape index (κ1) is 72.4. The van der Waals surface area contributed by atoms with E-state index < -0.39 is 6.10 Å². The van der Waals surface area contributed by atoms with Crippen molar-refractivity contribution in [3.05, 3.63) is 48.6 Å². The first-order chi connectivity index (χ1) is 37.0. The van der Waals surface area contributed by atoms with Gasteiger partial charge in [0.15, 0.2) is 6.10 Å². The Kier molecular flexibility index (Phi) is 61.7. The quantitative estimate of drug-likeness (QED) is 0.0261. The summed E-state index contributed by atoms with van der Waals surface area (Å²) in [7, 11) is 0. The minimum Gasteiger partial charge on any atom is -0.462 e. The van der Waals surface area contributed by atoms with Crippen LogP contribution < -0.4 is 0 Å². The van der Waals surface area contributed by atoms with Gasteiger partial charge in [0.2, 0.25) is 0 Å². The van der Waals surface area contributed by atoms with Gasteiger partial charge in [0.05, 0.1) is 0 Å². The molecule has 1 atom stereocenters. The van der Waals surface area contributed by atoms with E-state index in [-0.39, 0.29) is 31.1 Å². The summed E-state index contributed by atoms with van der Waals surface area (Å²) >= 11 is 0. The second-order valence-electron chi connectivity index (χ2n) is 22.4. The van der Waals surface area contributed by atoms with Crippen LogP contribution in [0.15, 0.2) is 48.6 Å². The molecule has 0 spiro atoms. The zero-order valence-corrected chi connectivity index (χ0v) is 50.3. The normalized spacial score (nSPS) is 12.3. The topological polar surface area (TPSA) is 78.9 Å². The van der Waals surface area contributed by atoms with Gasteiger partial charge in [-0.1, -0.05) is 301 Å². The maximum Gasteiger partial charge on any atom is 0.306 e. The fourth-order valence-electron chi connectivity index (χ4n) is 9.80. The van der Waals surface area contributed by atoms with Crippen LogP contribution in [0.25, 0.3) is 0 Å². The Morgan fingerprint density at radius 1 is 0.267 bits per heavy atom. The van der Waals surface area contributed by atoms with Crippen molar-refractivity contribution >= 4 is 17.9 Å². The Balaban J connectivity index is 4.28. The summed E-state index contributed by atoms with van der Waals surface area (Å²) < 4.78 is 16.9. The lowest BCUT2D eigenvalue weighted by molar-refractivity contribution is -0.167. The van der Waals surface area contributed by atoms with Crippen LogP contribution in [0.5, 0.6) is 0 Å². The minimum absolute atomic E-state index is 0.0775. The van der Waals surface area contributed by atoms with E-state index in [1.54, 1.807) is 0 Å². The summed E-state index contributed by atoms with van der Waals surface area (Å²) in [5.74, 6) is -0.878. The predicted octanol–water partition coefficient (Wildman–Crippen LogP) is 22.6. The summed E-state index contributed by atoms with van der Waals surface area (Å²) in [4.78, 5) is 38.3. The molecule has 0 aliphatic carbocycles. The van der Waals surface area contributed by atoms with E-state index in [0.29, 0.717) is 19.3 Å². The Labute approximate surface area is 467 Å². The summed E-state index contributed by atoms with van der Waals surface area (Å²) in [6, 6.07) is 0. The largest absolute Gasteiger partial charge is 0.462 e. The summed E-state index contributed by atoms with van der Waals surface area (Å²) in [5, 5.41) is 0. The van der Waals surface area contributed by atoms with Gasteiger partial charge >= 0.3 is 17.9 Å². The number of rotatable bonds is 61. The van der Waals surface area contributed by atoms with E-state index in [1.807, 2.05) is 0 Å². The first-order valence-electron chi connectivity index (χ1n) is 33.1. The van der Waals surface area contributed by atoms with Gasteiger partial charge in [-0.25, -0.2) is 0 Å². The van der Waals surface area contributed by atoms with Gasteiger partial charge in [0, 0.05) is 19.3 Å². The molecule has 0 rings (SSSR count). The van der Waals surface area contributed by atoms with Crippen LogP contribution in [0.3, 0.4) is 0 Å². The van der Waals surface area contributed by atoms with Crippen molar-refractivity contribution in [2.24, 2.45) is 0 Å². The molecule has 0 amide bonds. The molecule has 75 heavy (non-hydrogen) atoms. The smallest absolute Gasteiger partial charge is 0.306 e. The van der Waals surface area contributed by atoms with Crippen molar-refractivity contribution in [3.63, 3.8) is 0 Å². The molecule has 0 aromatic rings. The lowest BCUT2D eigenvalue weighted by Crippen LogP contribution is -2.30. The van der Waals surface area contributed by atoms with E-state index in [4.69, 9.17) is 14.2 Å². The average molecular weight is 1050 g/mol. The molecule has 0 saturated carbocycles. The number of hydrogen-bond acceptors (Lipinski definition) is 6. The number of carbonyl (C=O) groups excluding carboxylic acids is 3. The van der Waals surface area contributed by atoms with Gasteiger partial charge in [-0.05, 0) is 83.5 Å². The molecule has 0 aromatic heterocycles. The number of esters is 3. The van der Waals surface area contributed by atoms with Crippen LogP contribution in [0, 0.1) is 0 Å². The third kappa shape index (κ3) is 62.1. The maximum absolute atomic E-state index is 12.9. The number of unbranched alkanes of at least 4 members (excludes halogenated alkanes) is 42. The Morgan fingerprint density at radius 3 is 0.760 bits per heavy atom. The molecular weight excluding hydrogens is 925 g/mol. The molecule has 0 aliphatic heterocycles. The van der Waals surface area contributed by atoms with Gasteiger partial charge in [0.25, 0.3) is 0 Å². The average Bonchev–Trinajstić information content (AvgIpc) is 3.41. The fourth-order valence-corrected chi connectivity index (χ4v) is 9.80. The molecule has 6 nitrogen and oxygen atoms in total. The Bertz CT molecular complexity index is 1300. The number of carbonyl (C=O) groups is 3. The van der Waals surface area contributed by atoms with E-state index in [2.05, 4.69) is 69.4 Å². The number of allylic oxidation sites excluding steroid dienone is 8. The second kappa shape index (κ2) is 63.9. The van der Waals surface area contributed by atoms with Crippen molar-refractivity contribution in [1.82, 2.24) is 0 Å². The zero-order valence-electron chi connectivity index (χ0n) is 50.3. The fraction of sp³-hybridized carbons (Fsp3) is 0.841. The van der Waals surface area contributed by atoms with Crippen molar-refractivity contribution < 1.29 is 28.6 Å². The van der Waals surface area contributed by atoms with Gasteiger partial charge in [0.1, 0.15) is 13.2 Å². The van der Waals surface area contributed by atoms with Crippen LogP contribution in [0.2, 0.25) is 0 Å². The van der Waals surface area contributed by atoms with Crippen molar-refractivity contribution in [2.45, 2.75) is 361 Å². The van der Waals surface area contributed by atoms with E-state index in [1.165, 1.54) is 225 Å². The molecule has 0 heterocycles. The van der Waals surface area contributed by atoms with Gasteiger partial charge < -0.3 is 14.2 Å². The Hall–Kier alpha value is -2.63. The lowest BCUT2D eigenvalue weighted by atomic mass is 10.0. The van der Waals surface area contributed by atoms with E-state index in [9.17, 15) is 14.4 Å². The molecule has 6 heteroatoms. The molecule has 0 aromatic carbocycles. The second-order valence-corrected chi connectivity index (χ2v) is 22.4. The highest BCUT2D eigenvalue weighted by molar-refractivity contribution is 5.71. The first-order valence-corrected chi connectivity index (χ1v) is 33.1. The van der Waals surface area contributed by atoms with Crippen LogP contribution >= 0.6 is 0 Å². The molecule has 0 radical (unpaired) electrons. The van der Waals surface area contributed by atoms with Gasteiger partial charge in [-0.3, -0.25) is 14.4 Å². The molecule has 438 valence electrons. The third-order valence-electron chi connectivity index (χ3n) is 14.8. The van der Waals surface area contributed by atoms with Gasteiger partial charge in [-0.2, -0.15) is 0 Å². The van der Waals surface area contributed by atoms with E-state index >= 15 is 0 Å². The molecule has 0 bridgehead atoms. The van der Waals surface area contributed by atoms with Crippen LogP contribution in [-0.2, 0) is 28.6 Å². The number of hydrogen-bond donors (Lipinski definition) is 0. The maximum atomic E-state index is 12.9. The zero-order chi connectivity index (χ0) is 54.3. The lowest BCUT2D eigenvalue weighted by Gasteiger charge is -2.18. The third-order valence-corrected chi connectivity index (χ3v) is 14.8. The SMILES string of the molecule is CCCCC/C=C\C/C=C\CCCCCCCCCC(=O)OC(COC(=O)CCCCCCC/C=C\C/C=C\CCCCC)COC(=O)CCCCCCCCCCCCCCCCCCCCCCCCCCC. The minimum atomic E-state index is -0.782. The molecule has 0 saturated heterocycles. The highest BCUT2D eigenvalue weighted by atomic mass is 16.6. The molecule has 0 fully saturated rings. The predicted molar refractivity (Wildman–Crippen MR) is 325 cm³/mol.